The standard InChI is InChI=1S/C24H25N5O5/c1-16-6-4-5-7-18(16)34-15-22(30)25-12-13-33-23-11-10-21-26-27-24(29(21)28-23)17-8-9-19(31-2)20(14-17)32-3/h4-11,14H,12-13,15H2,1-3H3,(H,25,30). The Balaban J connectivity index is 1.34. The van der Waals surface area contributed by atoms with E-state index in [0.29, 0.717) is 41.1 Å². The zero-order chi connectivity index (χ0) is 23.9. The van der Waals surface area contributed by atoms with Crippen LogP contribution in [0, 0.1) is 6.92 Å². The minimum atomic E-state index is -0.232. The van der Waals surface area contributed by atoms with Crippen LogP contribution in [0.1, 0.15) is 5.56 Å². The molecule has 1 amide bonds. The largest absolute Gasteiger partial charge is 0.493 e. The number of aromatic nitrogens is 4. The first-order valence-corrected chi connectivity index (χ1v) is 10.6. The minimum Gasteiger partial charge on any atom is -0.493 e. The van der Waals surface area contributed by atoms with E-state index >= 15 is 0 Å². The number of nitrogens with one attached hydrogen (secondary N) is 1. The summed E-state index contributed by atoms with van der Waals surface area (Å²) in [5, 5.41) is 15.6. The van der Waals surface area contributed by atoms with E-state index in [2.05, 4.69) is 20.6 Å². The van der Waals surface area contributed by atoms with Crippen molar-refractivity contribution in [2.45, 2.75) is 6.92 Å². The molecule has 0 saturated heterocycles. The van der Waals surface area contributed by atoms with Crippen molar-refractivity contribution in [3.63, 3.8) is 0 Å². The maximum absolute atomic E-state index is 12.0. The van der Waals surface area contributed by atoms with Crippen molar-refractivity contribution in [3.8, 4) is 34.5 Å². The van der Waals surface area contributed by atoms with Gasteiger partial charge in [-0.25, -0.2) is 0 Å². The fourth-order valence-corrected chi connectivity index (χ4v) is 3.26. The van der Waals surface area contributed by atoms with Gasteiger partial charge in [-0.05, 0) is 42.8 Å². The average Bonchev–Trinajstić information content (AvgIpc) is 3.29. The fraction of sp³-hybridized carbons (Fsp3) is 0.250. The highest BCUT2D eigenvalue weighted by molar-refractivity contribution is 5.77. The Morgan fingerprint density at radius 2 is 1.76 bits per heavy atom. The van der Waals surface area contributed by atoms with Crippen LogP contribution in [0.5, 0.6) is 23.1 Å². The molecule has 0 radical (unpaired) electrons. The number of hydrogen-bond acceptors (Lipinski definition) is 8. The Morgan fingerprint density at radius 3 is 2.56 bits per heavy atom. The zero-order valence-corrected chi connectivity index (χ0v) is 19.1. The van der Waals surface area contributed by atoms with E-state index in [1.54, 1.807) is 43.0 Å². The number of para-hydroxylation sites is 1. The summed E-state index contributed by atoms with van der Waals surface area (Å²) in [6.07, 6.45) is 0. The summed E-state index contributed by atoms with van der Waals surface area (Å²) in [4.78, 5) is 12.0. The number of ether oxygens (including phenoxy) is 4. The normalized spacial score (nSPS) is 10.7. The van der Waals surface area contributed by atoms with E-state index in [0.717, 1.165) is 11.1 Å². The minimum absolute atomic E-state index is 0.0650. The lowest BCUT2D eigenvalue weighted by atomic mass is 10.2. The Kier molecular flexibility index (Phi) is 7.07. The van der Waals surface area contributed by atoms with E-state index in [1.165, 1.54) is 0 Å². The number of benzene rings is 2. The molecule has 4 rings (SSSR count). The third-order valence-electron chi connectivity index (χ3n) is 5.01. The Morgan fingerprint density at radius 1 is 0.941 bits per heavy atom. The van der Waals surface area contributed by atoms with Crippen LogP contribution in [0.15, 0.2) is 54.6 Å². The number of carbonyl (C=O) groups excluding carboxylic acids is 1. The summed E-state index contributed by atoms with van der Waals surface area (Å²) in [6.45, 7) is 2.41. The van der Waals surface area contributed by atoms with Crippen molar-refractivity contribution >= 4 is 11.6 Å². The summed E-state index contributed by atoms with van der Waals surface area (Å²) in [5.41, 5.74) is 2.30. The highest BCUT2D eigenvalue weighted by atomic mass is 16.5. The van der Waals surface area contributed by atoms with Gasteiger partial charge in [0.1, 0.15) is 12.4 Å². The van der Waals surface area contributed by atoms with Gasteiger partial charge < -0.3 is 24.3 Å². The van der Waals surface area contributed by atoms with Gasteiger partial charge >= 0.3 is 0 Å². The molecule has 34 heavy (non-hydrogen) atoms. The number of nitrogens with zero attached hydrogens (tertiary/aromatic N) is 4. The van der Waals surface area contributed by atoms with Crippen LogP contribution >= 0.6 is 0 Å². The fourth-order valence-electron chi connectivity index (χ4n) is 3.26. The summed E-state index contributed by atoms with van der Waals surface area (Å²) in [7, 11) is 3.15. The zero-order valence-electron chi connectivity index (χ0n) is 19.1. The lowest BCUT2D eigenvalue weighted by Gasteiger charge is -2.10. The first-order chi connectivity index (χ1) is 16.6. The molecule has 0 aliphatic carbocycles. The number of carbonyl (C=O) groups is 1. The van der Waals surface area contributed by atoms with Gasteiger partial charge in [-0.1, -0.05) is 18.2 Å². The molecule has 10 heteroatoms. The van der Waals surface area contributed by atoms with E-state index in [-0.39, 0.29) is 19.1 Å². The van der Waals surface area contributed by atoms with Crippen LogP contribution in [-0.2, 0) is 4.79 Å². The predicted molar refractivity (Wildman–Crippen MR) is 125 cm³/mol. The number of fused-ring (bicyclic) bond motifs is 1. The van der Waals surface area contributed by atoms with Crippen LogP contribution < -0.4 is 24.3 Å². The molecule has 0 atom stereocenters. The van der Waals surface area contributed by atoms with E-state index in [9.17, 15) is 4.79 Å². The lowest BCUT2D eigenvalue weighted by Crippen LogP contribution is -2.32. The smallest absolute Gasteiger partial charge is 0.258 e. The molecule has 176 valence electrons. The summed E-state index contributed by atoms with van der Waals surface area (Å²) in [6, 6.07) is 16.4. The van der Waals surface area contributed by atoms with Gasteiger partial charge in [0.05, 0.1) is 20.8 Å². The molecule has 0 aliphatic heterocycles. The van der Waals surface area contributed by atoms with Crippen LogP contribution in [-0.4, -0.2) is 59.7 Å². The van der Waals surface area contributed by atoms with Gasteiger partial charge in [0.15, 0.2) is 29.6 Å². The molecule has 4 aromatic rings. The summed E-state index contributed by atoms with van der Waals surface area (Å²) < 4.78 is 23.5. The molecule has 0 spiro atoms. The molecule has 0 fully saturated rings. The molecule has 0 bridgehead atoms. The van der Waals surface area contributed by atoms with Crippen LogP contribution in [0.25, 0.3) is 17.0 Å². The Labute approximate surface area is 196 Å². The first kappa shape index (κ1) is 22.8. The molecule has 0 aliphatic rings. The molecular formula is C24H25N5O5. The number of hydrogen-bond donors (Lipinski definition) is 1. The third kappa shape index (κ3) is 5.17. The number of methoxy groups -OCH3 is 2. The molecule has 1 N–H and O–H groups in total. The van der Waals surface area contributed by atoms with Crippen molar-refractivity contribution in [3.05, 3.63) is 60.2 Å². The summed E-state index contributed by atoms with van der Waals surface area (Å²) in [5.74, 6) is 2.55. The van der Waals surface area contributed by atoms with Crippen LogP contribution in [0.2, 0.25) is 0 Å². The quantitative estimate of drug-likeness (QED) is 0.358. The van der Waals surface area contributed by atoms with Gasteiger partial charge in [-0.2, -0.15) is 4.52 Å². The van der Waals surface area contributed by atoms with Crippen molar-refractivity contribution in [2.24, 2.45) is 0 Å². The second kappa shape index (κ2) is 10.5. The molecule has 0 unspecified atom stereocenters. The second-order valence-electron chi connectivity index (χ2n) is 7.29. The Bertz CT molecular complexity index is 1290. The van der Waals surface area contributed by atoms with E-state index in [1.807, 2.05) is 37.3 Å². The molecule has 0 saturated carbocycles. The van der Waals surface area contributed by atoms with Crippen molar-refractivity contribution in [1.29, 1.82) is 0 Å². The Hall–Kier alpha value is -4.34. The molecule has 2 aromatic heterocycles. The monoisotopic (exact) mass is 463 g/mol. The SMILES string of the molecule is COc1ccc(-c2nnc3ccc(OCCNC(=O)COc4ccccc4C)nn23)cc1OC. The highest BCUT2D eigenvalue weighted by Gasteiger charge is 2.14. The maximum atomic E-state index is 12.0. The van der Waals surface area contributed by atoms with Crippen LogP contribution in [0.3, 0.4) is 0 Å². The van der Waals surface area contributed by atoms with Crippen molar-refractivity contribution in [1.82, 2.24) is 25.1 Å². The molecule has 10 nitrogen and oxygen atoms in total. The number of amides is 1. The highest BCUT2D eigenvalue weighted by Crippen LogP contribution is 2.31. The van der Waals surface area contributed by atoms with E-state index < -0.39 is 0 Å². The average molecular weight is 463 g/mol. The molecule has 2 heterocycles. The number of aryl methyl sites for hydroxylation is 1. The van der Waals surface area contributed by atoms with Gasteiger partial charge in [0.2, 0.25) is 5.88 Å². The summed E-state index contributed by atoms with van der Waals surface area (Å²) >= 11 is 0. The van der Waals surface area contributed by atoms with Crippen LogP contribution in [0.4, 0.5) is 0 Å². The van der Waals surface area contributed by atoms with Crippen molar-refractivity contribution < 1.29 is 23.7 Å². The number of rotatable bonds is 10. The second-order valence-corrected chi connectivity index (χ2v) is 7.29. The lowest BCUT2D eigenvalue weighted by molar-refractivity contribution is -0.123. The van der Waals surface area contributed by atoms with Gasteiger partial charge in [-0.3, -0.25) is 4.79 Å². The molecular weight excluding hydrogens is 438 g/mol. The van der Waals surface area contributed by atoms with E-state index in [4.69, 9.17) is 18.9 Å². The predicted octanol–water partition coefficient (Wildman–Crippen LogP) is 2.69. The topological polar surface area (TPSA) is 109 Å². The van der Waals surface area contributed by atoms with Crippen molar-refractivity contribution in [2.75, 3.05) is 34.0 Å². The van der Waals surface area contributed by atoms with Gasteiger partial charge in [0, 0.05) is 11.6 Å². The third-order valence-corrected chi connectivity index (χ3v) is 5.01. The van der Waals surface area contributed by atoms with Gasteiger partial charge in [0.25, 0.3) is 5.91 Å². The first-order valence-electron chi connectivity index (χ1n) is 10.6. The molecule has 2 aromatic carbocycles. The van der Waals surface area contributed by atoms with Gasteiger partial charge in [-0.15, -0.1) is 15.3 Å². The maximum Gasteiger partial charge on any atom is 0.258 e.